The fourth-order valence-corrected chi connectivity index (χ4v) is 1.66. The number of nitriles is 1. The van der Waals surface area contributed by atoms with Crippen LogP contribution in [-0.2, 0) is 0 Å². The molecule has 1 fully saturated rings. The van der Waals surface area contributed by atoms with Crippen LogP contribution >= 0.6 is 0 Å². The Bertz CT molecular complexity index is 127. The summed E-state index contributed by atoms with van der Waals surface area (Å²) in [6, 6.07) is 2.25. The monoisotopic (exact) mass is 197 g/mol. The van der Waals surface area contributed by atoms with Crippen LogP contribution in [0.3, 0.4) is 0 Å². The highest BCUT2D eigenvalue weighted by molar-refractivity contribution is 4.79. The number of hydrogen-bond acceptors (Lipinski definition) is 1. The van der Waals surface area contributed by atoms with Crippen LogP contribution < -0.4 is 0 Å². The van der Waals surface area contributed by atoms with Gasteiger partial charge in [-0.15, -0.1) is 0 Å². The van der Waals surface area contributed by atoms with Crippen molar-refractivity contribution in [3.05, 3.63) is 0 Å². The van der Waals surface area contributed by atoms with Gasteiger partial charge in [-0.25, -0.2) is 0 Å². The molecule has 1 nitrogen and oxygen atoms in total. The number of nitrogens with zero attached hydrogens (tertiary/aromatic N) is 1. The average molecular weight is 197 g/mol. The predicted molar refractivity (Wildman–Crippen MR) is 64.0 cm³/mol. The van der Waals surface area contributed by atoms with Gasteiger partial charge in [-0.3, -0.25) is 0 Å². The third-order valence-corrected chi connectivity index (χ3v) is 2.52. The van der Waals surface area contributed by atoms with Crippen molar-refractivity contribution in [3.8, 4) is 6.07 Å². The molecule has 0 amide bonds. The molecule has 0 saturated heterocycles. The second kappa shape index (κ2) is 12.5. The topological polar surface area (TPSA) is 23.8 Å². The van der Waals surface area contributed by atoms with Gasteiger partial charge < -0.3 is 0 Å². The van der Waals surface area contributed by atoms with Crippen LogP contribution in [0.2, 0.25) is 0 Å². The first-order valence-electron chi connectivity index (χ1n) is 6.20. The maximum atomic E-state index is 8.43. The minimum absolute atomic E-state index is 0.723. The van der Waals surface area contributed by atoms with Crippen molar-refractivity contribution in [1.29, 1.82) is 5.26 Å². The van der Waals surface area contributed by atoms with Gasteiger partial charge in [0.15, 0.2) is 0 Å². The molecule has 0 aromatic heterocycles. The minimum Gasteiger partial charge on any atom is -0.198 e. The van der Waals surface area contributed by atoms with E-state index in [2.05, 4.69) is 13.0 Å². The summed E-state index contributed by atoms with van der Waals surface area (Å²) >= 11 is 0. The van der Waals surface area contributed by atoms with E-state index in [4.69, 9.17) is 5.26 Å². The Balaban J connectivity index is 0. The largest absolute Gasteiger partial charge is 0.198 e. The molecule has 0 N–H and O–H groups in total. The molecule has 0 atom stereocenters. The van der Waals surface area contributed by atoms with Gasteiger partial charge in [0.05, 0.1) is 6.07 Å². The minimum atomic E-state index is 0.723. The van der Waals surface area contributed by atoms with Gasteiger partial charge in [-0.1, -0.05) is 47.5 Å². The maximum absolute atomic E-state index is 8.43. The second-order valence-electron chi connectivity index (χ2n) is 3.49. The van der Waals surface area contributed by atoms with Crippen LogP contribution in [0.5, 0.6) is 0 Å². The van der Waals surface area contributed by atoms with E-state index in [9.17, 15) is 0 Å². The summed E-state index contributed by atoms with van der Waals surface area (Å²) in [5, 5.41) is 8.43. The molecule has 1 heteroatoms. The summed E-state index contributed by atoms with van der Waals surface area (Å²) in [5.74, 6) is 1.64. The Morgan fingerprint density at radius 2 is 1.43 bits per heavy atom. The molecule has 0 unspecified atom stereocenters. The van der Waals surface area contributed by atoms with Crippen molar-refractivity contribution in [2.75, 3.05) is 0 Å². The molecular formula is C13H27N. The third-order valence-electron chi connectivity index (χ3n) is 2.52. The molecular weight excluding hydrogens is 170 g/mol. The van der Waals surface area contributed by atoms with Crippen molar-refractivity contribution in [3.63, 3.8) is 0 Å². The lowest BCUT2D eigenvalue weighted by Crippen LogP contribution is -2.11. The molecule has 84 valence electrons. The van der Waals surface area contributed by atoms with Gasteiger partial charge in [0.2, 0.25) is 0 Å². The molecule has 0 aromatic rings. The van der Waals surface area contributed by atoms with E-state index in [0.29, 0.717) is 0 Å². The summed E-state index contributed by atoms with van der Waals surface area (Å²) in [7, 11) is 0. The quantitative estimate of drug-likeness (QED) is 0.593. The molecule has 1 aliphatic carbocycles. The first kappa shape index (κ1) is 15.9. The highest BCUT2D eigenvalue weighted by atomic mass is 14.3. The lowest BCUT2D eigenvalue weighted by atomic mass is 9.82. The summed E-state index contributed by atoms with van der Waals surface area (Å²) < 4.78 is 0. The Morgan fingerprint density at radius 1 is 1.00 bits per heavy atom. The number of rotatable bonds is 1. The SMILES string of the molecule is CC.CC.CC1CCC(CC#N)CC1. The van der Waals surface area contributed by atoms with Crippen molar-refractivity contribution in [2.24, 2.45) is 11.8 Å². The first-order chi connectivity index (χ1) is 6.83. The van der Waals surface area contributed by atoms with Gasteiger partial charge in [-0.05, 0) is 24.7 Å². The zero-order chi connectivity index (χ0) is 11.4. The third kappa shape index (κ3) is 8.10. The van der Waals surface area contributed by atoms with Gasteiger partial charge in [0.25, 0.3) is 0 Å². The Hall–Kier alpha value is -0.510. The van der Waals surface area contributed by atoms with Crippen molar-refractivity contribution in [1.82, 2.24) is 0 Å². The second-order valence-corrected chi connectivity index (χ2v) is 3.49. The molecule has 0 aliphatic heterocycles. The van der Waals surface area contributed by atoms with Crippen LogP contribution in [0, 0.1) is 23.2 Å². The Labute approximate surface area is 90.5 Å². The van der Waals surface area contributed by atoms with Crippen LogP contribution in [0.4, 0.5) is 0 Å². The molecule has 1 rings (SSSR count). The smallest absolute Gasteiger partial charge is 0.0624 e. The molecule has 0 radical (unpaired) electrons. The van der Waals surface area contributed by atoms with Crippen LogP contribution in [0.15, 0.2) is 0 Å². The summed E-state index contributed by atoms with van der Waals surface area (Å²) in [4.78, 5) is 0. The first-order valence-corrected chi connectivity index (χ1v) is 6.20. The lowest BCUT2D eigenvalue weighted by Gasteiger charge is -2.23. The van der Waals surface area contributed by atoms with E-state index < -0.39 is 0 Å². The highest BCUT2D eigenvalue weighted by Crippen LogP contribution is 2.29. The van der Waals surface area contributed by atoms with E-state index in [1.165, 1.54) is 25.7 Å². The van der Waals surface area contributed by atoms with E-state index in [-0.39, 0.29) is 0 Å². The zero-order valence-electron chi connectivity index (χ0n) is 10.6. The van der Waals surface area contributed by atoms with Gasteiger partial charge in [0.1, 0.15) is 0 Å². The van der Waals surface area contributed by atoms with Crippen LogP contribution in [0.1, 0.15) is 66.7 Å². The van der Waals surface area contributed by atoms with Crippen molar-refractivity contribution < 1.29 is 0 Å². The van der Waals surface area contributed by atoms with E-state index in [1.54, 1.807) is 0 Å². The summed E-state index contributed by atoms with van der Waals surface area (Å²) in [6.45, 7) is 10.3. The van der Waals surface area contributed by atoms with Gasteiger partial charge in [0, 0.05) is 6.42 Å². The maximum Gasteiger partial charge on any atom is 0.0624 e. The molecule has 0 heterocycles. The van der Waals surface area contributed by atoms with Crippen LogP contribution in [0.25, 0.3) is 0 Å². The van der Waals surface area contributed by atoms with Crippen LogP contribution in [-0.4, -0.2) is 0 Å². The lowest BCUT2D eigenvalue weighted by molar-refractivity contribution is 0.294. The summed E-state index contributed by atoms with van der Waals surface area (Å²) in [6.07, 6.45) is 6.04. The van der Waals surface area contributed by atoms with E-state index in [1.807, 2.05) is 27.7 Å². The Kier molecular flexibility index (Phi) is 14.2. The fraction of sp³-hybridized carbons (Fsp3) is 0.923. The number of hydrogen-bond donors (Lipinski definition) is 0. The summed E-state index contributed by atoms with van der Waals surface area (Å²) in [5.41, 5.74) is 0. The van der Waals surface area contributed by atoms with Crippen molar-refractivity contribution >= 4 is 0 Å². The molecule has 0 spiro atoms. The molecule has 1 saturated carbocycles. The average Bonchev–Trinajstić information content (AvgIpc) is 2.28. The molecule has 0 aromatic carbocycles. The van der Waals surface area contributed by atoms with E-state index in [0.717, 1.165) is 18.3 Å². The van der Waals surface area contributed by atoms with Gasteiger partial charge >= 0.3 is 0 Å². The van der Waals surface area contributed by atoms with Gasteiger partial charge in [-0.2, -0.15) is 5.26 Å². The Morgan fingerprint density at radius 3 is 1.79 bits per heavy atom. The van der Waals surface area contributed by atoms with Crippen molar-refractivity contribution in [2.45, 2.75) is 66.7 Å². The normalized spacial score (nSPS) is 24.6. The fourth-order valence-electron chi connectivity index (χ4n) is 1.66. The highest BCUT2D eigenvalue weighted by Gasteiger charge is 2.17. The predicted octanol–water partition coefficient (Wildman–Crippen LogP) is 4.78. The standard InChI is InChI=1S/C9H15N.2C2H6/c1-8-2-4-9(5-3-8)6-7-10;2*1-2/h8-9H,2-6H2,1H3;2*1-2H3. The zero-order valence-corrected chi connectivity index (χ0v) is 10.6. The van der Waals surface area contributed by atoms with E-state index >= 15 is 0 Å². The molecule has 0 bridgehead atoms. The molecule has 14 heavy (non-hydrogen) atoms. The molecule has 1 aliphatic rings.